The van der Waals surface area contributed by atoms with Gasteiger partial charge in [0.2, 0.25) is 0 Å². The maximum Gasteiger partial charge on any atom is 0.137 e. The third kappa shape index (κ3) is 3.31. The molecule has 0 saturated carbocycles. The number of piperidine rings is 1. The molecule has 1 aliphatic rings. The summed E-state index contributed by atoms with van der Waals surface area (Å²) in [6, 6.07) is 4.13. The van der Waals surface area contributed by atoms with E-state index < -0.39 is 6.10 Å². The van der Waals surface area contributed by atoms with Crippen LogP contribution in [0.25, 0.3) is 0 Å². The molecule has 0 unspecified atom stereocenters. The van der Waals surface area contributed by atoms with Crippen molar-refractivity contribution in [2.45, 2.75) is 25.5 Å². The van der Waals surface area contributed by atoms with Gasteiger partial charge in [0.05, 0.1) is 0 Å². The molecule has 0 radical (unpaired) electrons. The Labute approximate surface area is 125 Å². The number of aryl methyl sites for hydroxylation is 1. The van der Waals surface area contributed by atoms with Gasteiger partial charge in [-0.05, 0) is 49.5 Å². The first-order valence-corrected chi connectivity index (χ1v) is 7.50. The monoisotopic (exact) mass is 286 g/mol. The Hall–Kier alpha value is -1.72. The Bertz CT molecular complexity index is 561. The van der Waals surface area contributed by atoms with Crippen molar-refractivity contribution in [3.8, 4) is 0 Å². The fourth-order valence-electron chi connectivity index (χ4n) is 3.05. The first-order chi connectivity index (χ1) is 10.2. The number of hydrogen-bond donors (Lipinski definition) is 1. The molecule has 5 heteroatoms. The molecule has 1 N–H and O–H groups in total. The quantitative estimate of drug-likeness (QED) is 0.930. The van der Waals surface area contributed by atoms with Gasteiger partial charge in [0.1, 0.15) is 11.9 Å². The highest BCUT2D eigenvalue weighted by Gasteiger charge is 2.28. The summed E-state index contributed by atoms with van der Waals surface area (Å²) in [6.45, 7) is 3.01. The van der Waals surface area contributed by atoms with E-state index in [9.17, 15) is 5.11 Å². The molecule has 3 rings (SSSR count). The van der Waals surface area contributed by atoms with Crippen LogP contribution in [-0.2, 0) is 13.6 Å². The van der Waals surface area contributed by atoms with Gasteiger partial charge in [-0.3, -0.25) is 9.88 Å². The molecule has 1 saturated heterocycles. The van der Waals surface area contributed by atoms with Crippen molar-refractivity contribution in [2.75, 3.05) is 13.1 Å². The molecule has 0 spiro atoms. The van der Waals surface area contributed by atoms with E-state index in [-0.39, 0.29) is 0 Å². The summed E-state index contributed by atoms with van der Waals surface area (Å²) in [4.78, 5) is 10.8. The first kappa shape index (κ1) is 14.2. The van der Waals surface area contributed by atoms with Crippen molar-refractivity contribution in [2.24, 2.45) is 13.0 Å². The molecule has 1 atom stereocenters. The average molecular weight is 286 g/mol. The summed E-state index contributed by atoms with van der Waals surface area (Å²) in [5, 5.41) is 10.5. The molecule has 21 heavy (non-hydrogen) atoms. The van der Waals surface area contributed by atoms with Gasteiger partial charge in [-0.2, -0.15) is 0 Å². The van der Waals surface area contributed by atoms with Crippen LogP contribution < -0.4 is 0 Å². The molecule has 0 aliphatic carbocycles. The molecule has 2 aromatic heterocycles. The van der Waals surface area contributed by atoms with Gasteiger partial charge in [0.25, 0.3) is 0 Å². The van der Waals surface area contributed by atoms with E-state index in [1.165, 1.54) is 5.56 Å². The molecule has 1 fully saturated rings. The Morgan fingerprint density at radius 1 is 1.24 bits per heavy atom. The van der Waals surface area contributed by atoms with E-state index in [1.54, 1.807) is 6.20 Å². The van der Waals surface area contributed by atoms with Crippen molar-refractivity contribution >= 4 is 0 Å². The fraction of sp³-hybridized carbons (Fsp3) is 0.500. The number of aliphatic hydroxyl groups excluding tert-OH is 1. The Kier molecular flexibility index (Phi) is 4.31. The van der Waals surface area contributed by atoms with Crippen LogP contribution in [0.2, 0.25) is 0 Å². The lowest BCUT2D eigenvalue weighted by atomic mass is 9.90. The van der Waals surface area contributed by atoms with E-state index in [1.807, 2.05) is 30.2 Å². The molecule has 112 valence electrons. The third-order valence-corrected chi connectivity index (χ3v) is 4.36. The van der Waals surface area contributed by atoms with Crippen LogP contribution in [0.15, 0.2) is 36.9 Å². The van der Waals surface area contributed by atoms with Crippen LogP contribution in [-0.4, -0.2) is 37.6 Å². The molecule has 1 aliphatic heterocycles. The Balaban J connectivity index is 1.54. The maximum atomic E-state index is 10.5. The van der Waals surface area contributed by atoms with Crippen LogP contribution in [0.3, 0.4) is 0 Å². The van der Waals surface area contributed by atoms with Crippen molar-refractivity contribution in [1.29, 1.82) is 0 Å². The number of imidazole rings is 1. The smallest absolute Gasteiger partial charge is 0.137 e. The van der Waals surface area contributed by atoms with Gasteiger partial charge >= 0.3 is 0 Å². The van der Waals surface area contributed by atoms with Gasteiger partial charge in [0, 0.05) is 38.4 Å². The lowest BCUT2D eigenvalue weighted by Crippen LogP contribution is -2.35. The minimum absolute atomic E-state index is 0.305. The van der Waals surface area contributed by atoms with Crippen LogP contribution in [0.1, 0.15) is 30.3 Å². The van der Waals surface area contributed by atoms with E-state index in [4.69, 9.17) is 0 Å². The van der Waals surface area contributed by atoms with E-state index in [0.717, 1.165) is 38.3 Å². The molecule has 3 heterocycles. The van der Waals surface area contributed by atoms with Crippen molar-refractivity contribution in [3.05, 3.63) is 48.3 Å². The van der Waals surface area contributed by atoms with Gasteiger partial charge in [-0.15, -0.1) is 0 Å². The van der Waals surface area contributed by atoms with Crippen LogP contribution in [0, 0.1) is 5.92 Å². The number of aromatic nitrogens is 3. The van der Waals surface area contributed by atoms with Crippen LogP contribution in [0.4, 0.5) is 0 Å². The minimum Gasteiger partial charge on any atom is -0.385 e. The van der Waals surface area contributed by atoms with Crippen LogP contribution >= 0.6 is 0 Å². The molecule has 0 amide bonds. The number of nitrogens with zero attached hydrogens (tertiary/aromatic N) is 4. The summed E-state index contributed by atoms with van der Waals surface area (Å²) < 4.78 is 1.91. The van der Waals surface area contributed by atoms with E-state index >= 15 is 0 Å². The summed E-state index contributed by atoms with van der Waals surface area (Å²) in [5.41, 5.74) is 1.30. The standard InChI is InChI=1S/C16H22N4O/c1-19-11-8-18-16(19)15(21)14-4-9-20(10-5-14)12-13-2-6-17-7-3-13/h2-3,6-8,11,14-15,21H,4-5,9-10,12H2,1H3/t15-/m1/s1. The molecule has 0 bridgehead atoms. The van der Waals surface area contributed by atoms with Gasteiger partial charge in [-0.1, -0.05) is 0 Å². The van der Waals surface area contributed by atoms with Crippen molar-refractivity contribution < 1.29 is 5.11 Å². The molecular formula is C16H22N4O. The lowest BCUT2D eigenvalue weighted by Gasteiger charge is -2.34. The van der Waals surface area contributed by atoms with Crippen LogP contribution in [0.5, 0.6) is 0 Å². The zero-order valence-electron chi connectivity index (χ0n) is 12.4. The first-order valence-electron chi connectivity index (χ1n) is 7.50. The van der Waals surface area contributed by atoms with E-state index in [2.05, 4.69) is 27.0 Å². The lowest BCUT2D eigenvalue weighted by molar-refractivity contribution is 0.0492. The van der Waals surface area contributed by atoms with Gasteiger partial charge < -0.3 is 9.67 Å². The zero-order valence-corrected chi connectivity index (χ0v) is 12.4. The summed E-state index contributed by atoms with van der Waals surface area (Å²) in [5.74, 6) is 1.09. The Morgan fingerprint density at radius 2 is 1.95 bits per heavy atom. The summed E-state index contributed by atoms with van der Waals surface area (Å²) in [6.07, 6.45) is 8.89. The minimum atomic E-state index is -0.451. The highest BCUT2D eigenvalue weighted by molar-refractivity contribution is 5.09. The van der Waals surface area contributed by atoms with E-state index in [0.29, 0.717) is 5.92 Å². The fourth-order valence-corrected chi connectivity index (χ4v) is 3.05. The Morgan fingerprint density at radius 3 is 2.57 bits per heavy atom. The molecule has 0 aromatic carbocycles. The second-order valence-electron chi connectivity index (χ2n) is 5.81. The number of pyridine rings is 1. The normalized spacial score (nSPS) is 18.8. The predicted octanol–water partition coefficient (Wildman–Crippen LogP) is 1.76. The number of hydrogen-bond acceptors (Lipinski definition) is 4. The maximum absolute atomic E-state index is 10.5. The van der Waals surface area contributed by atoms with Crippen molar-refractivity contribution in [3.63, 3.8) is 0 Å². The zero-order chi connectivity index (χ0) is 14.7. The second-order valence-corrected chi connectivity index (χ2v) is 5.81. The number of rotatable bonds is 4. The largest absolute Gasteiger partial charge is 0.385 e. The number of likely N-dealkylation sites (tertiary alicyclic amines) is 1. The average Bonchev–Trinajstić information content (AvgIpc) is 2.94. The second kappa shape index (κ2) is 6.37. The van der Waals surface area contributed by atoms with Gasteiger partial charge in [-0.25, -0.2) is 4.98 Å². The molecule has 2 aromatic rings. The van der Waals surface area contributed by atoms with Gasteiger partial charge in [0.15, 0.2) is 0 Å². The highest BCUT2D eigenvalue weighted by atomic mass is 16.3. The molecular weight excluding hydrogens is 264 g/mol. The summed E-state index contributed by atoms with van der Waals surface area (Å²) in [7, 11) is 1.93. The predicted molar refractivity (Wildman–Crippen MR) is 80.4 cm³/mol. The summed E-state index contributed by atoms with van der Waals surface area (Å²) >= 11 is 0. The highest BCUT2D eigenvalue weighted by Crippen LogP contribution is 2.30. The van der Waals surface area contributed by atoms with Crippen molar-refractivity contribution in [1.82, 2.24) is 19.4 Å². The third-order valence-electron chi connectivity index (χ3n) is 4.36. The topological polar surface area (TPSA) is 54.2 Å². The number of aliphatic hydroxyl groups is 1. The SMILES string of the molecule is Cn1ccnc1[C@H](O)C1CCN(Cc2ccncc2)CC1. The molecule has 5 nitrogen and oxygen atoms in total.